The summed E-state index contributed by atoms with van der Waals surface area (Å²) in [5, 5.41) is 90.2. The molecule has 21 heteroatoms. The number of amides is 2. The normalized spacial score (nSPS) is 33.4. The number of carbonyl (C=O) groups is 3. The maximum atomic E-state index is 13.4. The highest BCUT2D eigenvalue weighted by Crippen LogP contribution is 2.69. The van der Waals surface area contributed by atoms with E-state index in [2.05, 4.69) is 52.9 Å². The second-order valence-electron chi connectivity index (χ2n) is 24.7. The number of carboxylic acids is 1. The molecule has 6 heterocycles. The smallest absolute Gasteiger partial charge is 0.310 e. The number of fused-ring (bicyclic) bond motifs is 9. The molecule has 0 radical (unpaired) electrons. The molecule has 15 atom stereocenters. The van der Waals surface area contributed by atoms with Crippen LogP contribution in [0.2, 0.25) is 0 Å². The quantitative estimate of drug-likeness (QED) is 0.0773. The summed E-state index contributed by atoms with van der Waals surface area (Å²) in [6.07, 6.45) is 0.867. The molecule has 3 saturated heterocycles. The first-order valence-electron chi connectivity index (χ1n) is 30.0. The average Bonchev–Trinajstić information content (AvgIpc) is 1.52. The Labute approximate surface area is 546 Å². The van der Waals surface area contributed by atoms with Crippen molar-refractivity contribution < 1.29 is 64.3 Å². The zero-order valence-corrected chi connectivity index (χ0v) is 53.3. The number of aliphatic hydroxyl groups is 6. The van der Waals surface area contributed by atoms with Crippen LogP contribution in [0.15, 0.2) is 223 Å². The topological polar surface area (TPSA) is 288 Å². The van der Waals surface area contributed by atoms with Crippen molar-refractivity contribution in [3.63, 3.8) is 0 Å². The summed E-state index contributed by atoms with van der Waals surface area (Å²) in [4.78, 5) is 55.2. The van der Waals surface area contributed by atoms with Crippen LogP contribution in [0, 0.1) is 29.1 Å². The van der Waals surface area contributed by atoms with Gasteiger partial charge in [0.05, 0.1) is 49.0 Å². The molecular formula is C71H64Br2N6O13. The van der Waals surface area contributed by atoms with Crippen LogP contribution in [-0.2, 0) is 45.4 Å². The molecule has 0 unspecified atom stereocenters. The van der Waals surface area contributed by atoms with E-state index in [1.807, 2.05) is 97.1 Å². The molecule has 7 N–H and O–H groups in total. The molecule has 6 aromatic rings. The molecule has 2 amide bonds. The van der Waals surface area contributed by atoms with Crippen molar-refractivity contribution in [3.05, 3.63) is 247 Å². The van der Waals surface area contributed by atoms with Gasteiger partial charge in [-0.3, -0.25) is 29.4 Å². The molecule has 19 nitrogen and oxygen atoms in total. The predicted molar refractivity (Wildman–Crippen MR) is 345 cm³/mol. The van der Waals surface area contributed by atoms with Gasteiger partial charge in [0.25, 0.3) is 0 Å². The Kier molecular flexibility index (Phi) is 15.6. The number of aliphatic imine (C=N–C) groups is 3. The third kappa shape index (κ3) is 8.64. The van der Waals surface area contributed by atoms with Crippen molar-refractivity contribution in [2.75, 3.05) is 47.8 Å². The summed E-state index contributed by atoms with van der Waals surface area (Å²) in [5.74, 6) is -5.84. The van der Waals surface area contributed by atoms with Crippen LogP contribution in [0.25, 0.3) is 0 Å². The highest BCUT2D eigenvalue weighted by molar-refractivity contribution is 9.10. The van der Waals surface area contributed by atoms with Crippen molar-refractivity contribution in [2.45, 2.75) is 69.7 Å². The number of nitriles is 1. The van der Waals surface area contributed by atoms with Crippen LogP contribution < -0.4 is 0 Å². The minimum Gasteiger partial charge on any atom is -0.481 e. The van der Waals surface area contributed by atoms with Gasteiger partial charge in [0.2, 0.25) is 11.8 Å². The lowest BCUT2D eigenvalue weighted by atomic mass is 9.71. The number of hydrogen-bond donors (Lipinski definition) is 7. The Bertz CT molecular complexity index is 4180. The maximum absolute atomic E-state index is 13.4. The molecule has 3 saturated carbocycles. The SMILES string of the molecule is CN(C)C(=O)[C@H]1[C@@H](O)[C@@]2(O)C3=NCC=C3O[C@@]2(c2ccc(Br)cc2)[C@@H]1c1ccccc1.CN(C)C(=O)[C@H]1[C@@H](O)[C@@]2(O)C3=NCC=C3O[C@@]2(c2ccc(C#N)cc2)[C@@H]1c1ccccc1.O=C(O)[C@H]1[C@@H](O)[C@@]2(O)C3=NCC=C3O[C@@]2(c2ccc(Br)cc2)[C@@H]1c1ccccc1. The standard InChI is InChI=1S/C25H23N3O4.C24H23BrN2O4.C22H18BrNO5/c1-28(2)23(30)19-20(16-6-4-3-5-7-16)25(17-10-8-15(14-26)9-11-17)24(31,22(19)29)21-18(32-25)12-13-27-21;1-27(2)22(29)18-19(14-6-4-3-5-7-14)24(15-8-10-16(25)11-9-15)23(30,21(18)28)20-17(31-24)12-13-26-20;23-14-8-6-13(7-9-14)22-17(12-4-2-1-3-5-12)16(20(26)27)19(25)21(22,28)18-15(29-22)10-11-24-18/h3-12,19-20,22,29,31H,13H2,1-2H3;3-12,18-19,21,28,30H,13H2,1-2H3;1-10,16-17,19,25,28H,11H2,(H,26,27)/t19-,20-,22-,24+,25+;18-,19-,21-,23+,24+;16-,17-,19-,21+,22+/m111/s1. The molecule has 0 bridgehead atoms. The molecule has 6 fully saturated rings. The van der Waals surface area contributed by atoms with Crippen molar-refractivity contribution in [3.8, 4) is 6.07 Å². The van der Waals surface area contributed by atoms with E-state index >= 15 is 0 Å². The fourth-order valence-electron chi connectivity index (χ4n) is 16.0. The highest BCUT2D eigenvalue weighted by atomic mass is 79.9. The van der Waals surface area contributed by atoms with Crippen LogP contribution in [-0.4, -0.2) is 163 Å². The lowest BCUT2D eigenvalue weighted by molar-refractivity contribution is -0.147. The number of aliphatic carboxylic acids is 1. The Balaban J connectivity index is 0.000000126. The second-order valence-corrected chi connectivity index (χ2v) is 26.5. The van der Waals surface area contributed by atoms with Gasteiger partial charge in [-0.25, -0.2) is 0 Å². The van der Waals surface area contributed by atoms with Gasteiger partial charge in [-0.2, -0.15) is 5.26 Å². The first kappa shape index (κ1) is 62.4. The summed E-state index contributed by atoms with van der Waals surface area (Å²) in [6, 6.07) is 51.3. The summed E-state index contributed by atoms with van der Waals surface area (Å²) in [6.45, 7) is 1.04. The number of benzene rings is 6. The monoisotopic (exact) mass is 1370 g/mol. The minimum absolute atomic E-state index is 0.220. The number of rotatable bonds is 9. The zero-order valence-electron chi connectivity index (χ0n) is 50.2. The molecule has 15 rings (SSSR count). The number of ether oxygens (including phenoxy) is 3. The van der Waals surface area contributed by atoms with Crippen LogP contribution >= 0.6 is 31.9 Å². The van der Waals surface area contributed by atoms with E-state index in [-0.39, 0.29) is 23.2 Å². The van der Waals surface area contributed by atoms with Crippen LogP contribution in [0.3, 0.4) is 0 Å². The van der Waals surface area contributed by atoms with E-state index in [4.69, 9.17) is 14.2 Å². The van der Waals surface area contributed by atoms with Crippen molar-refractivity contribution in [1.29, 1.82) is 5.26 Å². The summed E-state index contributed by atoms with van der Waals surface area (Å²) >= 11 is 6.88. The molecule has 0 spiro atoms. The molecule has 3 aliphatic carbocycles. The molecule has 470 valence electrons. The number of nitrogens with zero attached hydrogens (tertiary/aromatic N) is 6. The van der Waals surface area contributed by atoms with E-state index < -0.39 is 93.4 Å². The van der Waals surface area contributed by atoms with E-state index in [1.165, 1.54) is 9.80 Å². The van der Waals surface area contributed by atoms with Gasteiger partial charge in [0, 0.05) is 54.9 Å². The van der Waals surface area contributed by atoms with Gasteiger partial charge in [-0.05, 0) is 88.0 Å². The summed E-state index contributed by atoms with van der Waals surface area (Å²) in [7, 11) is 6.56. The molecule has 9 aliphatic rings. The van der Waals surface area contributed by atoms with E-state index in [0.717, 1.165) is 20.1 Å². The minimum atomic E-state index is -1.99. The Morgan fingerprint density at radius 1 is 0.467 bits per heavy atom. The fourth-order valence-corrected chi connectivity index (χ4v) is 16.6. The fraction of sp³-hybridized carbons (Fsp3) is 0.310. The van der Waals surface area contributed by atoms with Gasteiger partial charge in [-0.15, -0.1) is 0 Å². The number of aliphatic hydroxyl groups excluding tert-OH is 3. The maximum Gasteiger partial charge on any atom is 0.310 e. The van der Waals surface area contributed by atoms with Gasteiger partial charge in [0.1, 0.15) is 52.7 Å². The van der Waals surface area contributed by atoms with Crippen molar-refractivity contribution >= 4 is 66.8 Å². The van der Waals surface area contributed by atoms with Crippen molar-refractivity contribution in [1.82, 2.24) is 9.80 Å². The third-order valence-corrected chi connectivity index (χ3v) is 20.8. The van der Waals surface area contributed by atoms with E-state index in [9.17, 15) is 55.4 Å². The van der Waals surface area contributed by atoms with Crippen LogP contribution in [0.1, 0.15) is 56.7 Å². The van der Waals surface area contributed by atoms with Gasteiger partial charge >= 0.3 is 5.97 Å². The molecular weight excluding hydrogens is 1300 g/mol. The number of carboxylic acid groups (broad SMARTS) is 1. The molecule has 6 aliphatic heterocycles. The Morgan fingerprint density at radius 2 is 0.750 bits per heavy atom. The second kappa shape index (κ2) is 23.0. The van der Waals surface area contributed by atoms with Gasteiger partial charge < -0.3 is 59.8 Å². The first-order chi connectivity index (χ1) is 44.1. The largest absolute Gasteiger partial charge is 0.481 e. The first-order valence-corrected chi connectivity index (χ1v) is 31.6. The van der Waals surface area contributed by atoms with Gasteiger partial charge in [-0.1, -0.05) is 159 Å². The predicted octanol–water partition coefficient (Wildman–Crippen LogP) is 6.93. The average molecular weight is 1370 g/mol. The number of carbonyl (C=O) groups excluding carboxylic acids is 2. The Hall–Kier alpha value is -8.43. The van der Waals surface area contributed by atoms with Crippen molar-refractivity contribution in [2.24, 2.45) is 32.7 Å². The summed E-state index contributed by atoms with van der Waals surface area (Å²) in [5.41, 5.74) is -4.92. The van der Waals surface area contributed by atoms with E-state index in [0.29, 0.717) is 70.4 Å². The van der Waals surface area contributed by atoms with E-state index in [1.54, 1.807) is 113 Å². The van der Waals surface area contributed by atoms with Gasteiger partial charge in [0.15, 0.2) is 33.6 Å². The number of hydrogen-bond acceptors (Lipinski definition) is 16. The molecule has 92 heavy (non-hydrogen) atoms. The lowest BCUT2D eigenvalue weighted by Gasteiger charge is -2.40. The third-order valence-electron chi connectivity index (χ3n) is 19.8. The number of halogens is 2. The zero-order chi connectivity index (χ0) is 65.0. The molecule has 6 aromatic carbocycles. The Morgan fingerprint density at radius 3 is 1.03 bits per heavy atom. The van der Waals surface area contributed by atoms with Crippen LogP contribution in [0.5, 0.6) is 0 Å². The highest BCUT2D eigenvalue weighted by Gasteiger charge is 2.82. The molecule has 0 aromatic heterocycles. The lowest BCUT2D eigenvalue weighted by Crippen LogP contribution is -2.56. The summed E-state index contributed by atoms with van der Waals surface area (Å²) < 4.78 is 21.2. The van der Waals surface area contributed by atoms with Crippen LogP contribution in [0.4, 0.5) is 0 Å².